The van der Waals surface area contributed by atoms with E-state index in [1.807, 2.05) is 24.5 Å². The molecule has 2 aromatic rings. The van der Waals surface area contributed by atoms with E-state index >= 15 is 0 Å². The van der Waals surface area contributed by atoms with Crippen LogP contribution in [0.1, 0.15) is 44.1 Å². The van der Waals surface area contributed by atoms with E-state index in [1.165, 1.54) is 0 Å². The number of aryl methyl sites for hydroxylation is 1. The molecular formula is C19H25FN2. The zero-order valence-electron chi connectivity index (χ0n) is 13.7. The molecule has 0 amide bonds. The summed E-state index contributed by atoms with van der Waals surface area (Å²) in [5.41, 5.74) is 2.68. The van der Waals surface area contributed by atoms with Crippen molar-refractivity contribution in [1.29, 1.82) is 0 Å². The first-order valence-corrected chi connectivity index (χ1v) is 8.07. The smallest absolute Gasteiger partial charge is 0.144 e. The van der Waals surface area contributed by atoms with Gasteiger partial charge in [0.25, 0.3) is 0 Å². The predicted octanol–water partition coefficient (Wildman–Crippen LogP) is 4.63. The van der Waals surface area contributed by atoms with Crippen LogP contribution in [0.15, 0.2) is 36.7 Å². The summed E-state index contributed by atoms with van der Waals surface area (Å²) in [4.78, 5) is 8.64. The summed E-state index contributed by atoms with van der Waals surface area (Å²) >= 11 is 0. The Morgan fingerprint density at radius 2 is 1.91 bits per heavy atom. The molecular weight excluding hydrogens is 275 g/mol. The second-order valence-electron chi connectivity index (χ2n) is 6.54. The third-order valence-electron chi connectivity index (χ3n) is 3.78. The van der Waals surface area contributed by atoms with Crippen molar-refractivity contribution in [3.05, 3.63) is 59.4 Å². The second kappa shape index (κ2) is 8.02. The van der Waals surface area contributed by atoms with Crippen molar-refractivity contribution in [2.24, 2.45) is 11.8 Å². The lowest BCUT2D eigenvalue weighted by Crippen LogP contribution is -2.06. The van der Waals surface area contributed by atoms with Gasteiger partial charge in [0.1, 0.15) is 5.82 Å². The lowest BCUT2D eigenvalue weighted by molar-refractivity contribution is 0.518. The topological polar surface area (TPSA) is 25.8 Å². The van der Waals surface area contributed by atoms with Crippen molar-refractivity contribution < 1.29 is 4.39 Å². The van der Waals surface area contributed by atoms with Gasteiger partial charge in [-0.3, -0.25) is 9.97 Å². The Bertz CT molecular complexity index is 581. The third kappa shape index (κ3) is 5.21. The van der Waals surface area contributed by atoms with Crippen LogP contribution in [0.2, 0.25) is 0 Å². The van der Waals surface area contributed by atoms with Crippen LogP contribution in [0.4, 0.5) is 4.39 Å². The fourth-order valence-electron chi connectivity index (χ4n) is 2.60. The zero-order valence-corrected chi connectivity index (χ0v) is 13.7. The van der Waals surface area contributed by atoms with Crippen LogP contribution in [0.3, 0.4) is 0 Å². The monoisotopic (exact) mass is 300 g/mol. The molecule has 1 unspecified atom stereocenters. The zero-order chi connectivity index (χ0) is 15.9. The maximum atomic E-state index is 14.0. The lowest BCUT2D eigenvalue weighted by Gasteiger charge is -2.12. The van der Waals surface area contributed by atoms with Gasteiger partial charge < -0.3 is 0 Å². The van der Waals surface area contributed by atoms with E-state index in [0.29, 0.717) is 24.0 Å². The SMILES string of the molecule is CC(C)Cc1ncc(CC(C)CCc2ccccn2)cc1F. The molecule has 2 aromatic heterocycles. The molecule has 22 heavy (non-hydrogen) atoms. The molecule has 0 radical (unpaired) electrons. The number of pyridine rings is 2. The molecule has 2 rings (SSSR count). The summed E-state index contributed by atoms with van der Waals surface area (Å²) in [6.45, 7) is 6.35. The summed E-state index contributed by atoms with van der Waals surface area (Å²) in [7, 11) is 0. The summed E-state index contributed by atoms with van der Waals surface area (Å²) in [5, 5.41) is 0. The minimum atomic E-state index is -0.164. The first-order valence-electron chi connectivity index (χ1n) is 8.07. The van der Waals surface area contributed by atoms with Gasteiger partial charge in [0.05, 0.1) is 5.69 Å². The van der Waals surface area contributed by atoms with Crippen molar-refractivity contribution in [1.82, 2.24) is 9.97 Å². The highest BCUT2D eigenvalue weighted by molar-refractivity contribution is 5.17. The lowest BCUT2D eigenvalue weighted by atomic mass is 9.96. The van der Waals surface area contributed by atoms with E-state index in [0.717, 1.165) is 30.5 Å². The van der Waals surface area contributed by atoms with Gasteiger partial charge in [-0.05, 0) is 61.3 Å². The number of hydrogen-bond acceptors (Lipinski definition) is 2. The average molecular weight is 300 g/mol. The van der Waals surface area contributed by atoms with Crippen LogP contribution in [-0.4, -0.2) is 9.97 Å². The number of aromatic nitrogens is 2. The van der Waals surface area contributed by atoms with E-state index in [2.05, 4.69) is 36.8 Å². The minimum Gasteiger partial charge on any atom is -0.261 e. The summed E-state index contributed by atoms with van der Waals surface area (Å²) in [6, 6.07) is 7.65. The van der Waals surface area contributed by atoms with Gasteiger partial charge in [0.2, 0.25) is 0 Å². The Balaban J connectivity index is 1.88. The highest BCUT2D eigenvalue weighted by atomic mass is 19.1. The van der Waals surface area contributed by atoms with Gasteiger partial charge in [-0.25, -0.2) is 4.39 Å². The highest BCUT2D eigenvalue weighted by Crippen LogP contribution is 2.17. The fourth-order valence-corrected chi connectivity index (χ4v) is 2.60. The largest absolute Gasteiger partial charge is 0.261 e. The molecule has 0 spiro atoms. The second-order valence-corrected chi connectivity index (χ2v) is 6.54. The fraction of sp³-hybridized carbons (Fsp3) is 0.474. The minimum absolute atomic E-state index is 0.164. The molecule has 0 aliphatic carbocycles. The Morgan fingerprint density at radius 1 is 1.09 bits per heavy atom. The van der Waals surface area contributed by atoms with Crippen LogP contribution in [-0.2, 0) is 19.3 Å². The van der Waals surface area contributed by atoms with Crippen molar-refractivity contribution in [2.45, 2.75) is 46.5 Å². The first-order chi connectivity index (χ1) is 10.5. The molecule has 118 valence electrons. The van der Waals surface area contributed by atoms with Crippen molar-refractivity contribution in [3.8, 4) is 0 Å². The average Bonchev–Trinajstić information content (AvgIpc) is 2.49. The van der Waals surface area contributed by atoms with Crippen LogP contribution >= 0.6 is 0 Å². The van der Waals surface area contributed by atoms with Gasteiger partial charge >= 0.3 is 0 Å². The molecule has 0 saturated carbocycles. The van der Waals surface area contributed by atoms with E-state index in [4.69, 9.17) is 0 Å². The third-order valence-corrected chi connectivity index (χ3v) is 3.78. The summed E-state index contributed by atoms with van der Waals surface area (Å²) < 4.78 is 14.0. The van der Waals surface area contributed by atoms with E-state index in [-0.39, 0.29) is 5.82 Å². The standard InChI is InChI=1S/C19H25FN2/c1-14(2)10-19-18(20)12-16(13-22-19)11-15(3)7-8-17-6-4-5-9-21-17/h4-6,9,12-15H,7-8,10-11H2,1-3H3. The number of halogens is 1. The maximum absolute atomic E-state index is 14.0. The molecule has 0 N–H and O–H groups in total. The van der Waals surface area contributed by atoms with Crippen molar-refractivity contribution >= 4 is 0 Å². The summed E-state index contributed by atoms with van der Waals surface area (Å²) in [6.07, 6.45) is 7.22. The molecule has 1 atom stereocenters. The molecule has 0 aliphatic heterocycles. The number of rotatable bonds is 7. The van der Waals surface area contributed by atoms with Gasteiger partial charge in [-0.15, -0.1) is 0 Å². The Labute approximate surface area is 132 Å². The molecule has 0 fully saturated rings. The number of nitrogens with zero attached hydrogens (tertiary/aromatic N) is 2. The van der Waals surface area contributed by atoms with Crippen molar-refractivity contribution in [3.63, 3.8) is 0 Å². The first kappa shape index (κ1) is 16.6. The molecule has 3 heteroatoms. The Morgan fingerprint density at radius 3 is 2.55 bits per heavy atom. The van der Waals surface area contributed by atoms with Crippen LogP contribution in [0, 0.1) is 17.7 Å². The van der Waals surface area contributed by atoms with Gasteiger partial charge in [0.15, 0.2) is 0 Å². The Hall–Kier alpha value is -1.77. The highest BCUT2D eigenvalue weighted by Gasteiger charge is 2.10. The Kier molecular flexibility index (Phi) is 6.05. The van der Waals surface area contributed by atoms with Crippen LogP contribution in [0.5, 0.6) is 0 Å². The van der Waals surface area contributed by atoms with E-state index < -0.39 is 0 Å². The molecule has 0 bridgehead atoms. The maximum Gasteiger partial charge on any atom is 0.144 e. The number of hydrogen-bond donors (Lipinski definition) is 0. The van der Waals surface area contributed by atoms with Crippen LogP contribution < -0.4 is 0 Å². The van der Waals surface area contributed by atoms with Gasteiger partial charge in [-0.2, -0.15) is 0 Å². The van der Waals surface area contributed by atoms with E-state index in [1.54, 1.807) is 6.07 Å². The quantitative estimate of drug-likeness (QED) is 0.745. The molecule has 0 aliphatic rings. The van der Waals surface area contributed by atoms with Crippen molar-refractivity contribution in [2.75, 3.05) is 0 Å². The van der Waals surface area contributed by atoms with Gasteiger partial charge in [-0.1, -0.05) is 26.8 Å². The molecule has 0 saturated heterocycles. The molecule has 2 heterocycles. The predicted molar refractivity (Wildman–Crippen MR) is 88.2 cm³/mol. The van der Waals surface area contributed by atoms with E-state index in [9.17, 15) is 4.39 Å². The molecule has 2 nitrogen and oxygen atoms in total. The van der Waals surface area contributed by atoms with Crippen LogP contribution in [0.25, 0.3) is 0 Å². The van der Waals surface area contributed by atoms with Gasteiger partial charge in [0, 0.05) is 18.1 Å². The normalized spacial score (nSPS) is 12.6. The summed E-state index contributed by atoms with van der Waals surface area (Å²) in [5.74, 6) is 0.743. The molecule has 0 aromatic carbocycles.